The van der Waals surface area contributed by atoms with Gasteiger partial charge in [0.15, 0.2) is 5.75 Å². The van der Waals surface area contributed by atoms with Gasteiger partial charge in [-0.25, -0.2) is 8.42 Å². The van der Waals surface area contributed by atoms with Crippen LogP contribution in [-0.4, -0.2) is 27.1 Å². The highest BCUT2D eigenvalue weighted by Gasteiger charge is 2.21. The molecule has 1 amide bonds. The largest absolute Gasteiger partial charge is 0.455 e. The molecule has 0 aliphatic heterocycles. The van der Waals surface area contributed by atoms with Crippen LogP contribution >= 0.6 is 11.6 Å². The molecule has 29 heavy (non-hydrogen) atoms. The Labute approximate surface area is 174 Å². The van der Waals surface area contributed by atoms with Crippen LogP contribution in [0.4, 0.5) is 11.4 Å². The van der Waals surface area contributed by atoms with Gasteiger partial charge in [0.1, 0.15) is 12.3 Å². The SMILES string of the molecule is CS(=O)(=O)N(CC(=O)Nc1ccccc1Oc1ccccc1)c1cccc(Cl)c1. The zero-order valence-corrected chi connectivity index (χ0v) is 17.2. The molecule has 0 fully saturated rings. The van der Waals surface area contributed by atoms with E-state index in [-0.39, 0.29) is 0 Å². The number of carbonyl (C=O) groups excluding carboxylic acids is 1. The Morgan fingerprint density at radius 3 is 2.38 bits per heavy atom. The average Bonchev–Trinajstić information content (AvgIpc) is 2.67. The van der Waals surface area contributed by atoms with Gasteiger partial charge in [-0.2, -0.15) is 0 Å². The van der Waals surface area contributed by atoms with E-state index in [0.29, 0.717) is 27.9 Å². The zero-order valence-electron chi connectivity index (χ0n) is 15.6. The molecule has 3 aromatic rings. The highest BCUT2D eigenvalue weighted by molar-refractivity contribution is 7.92. The van der Waals surface area contributed by atoms with Gasteiger partial charge in [0, 0.05) is 5.02 Å². The van der Waals surface area contributed by atoms with Gasteiger partial charge in [0.25, 0.3) is 0 Å². The first-order valence-electron chi connectivity index (χ1n) is 8.68. The van der Waals surface area contributed by atoms with Crippen molar-refractivity contribution in [3.8, 4) is 11.5 Å². The van der Waals surface area contributed by atoms with Gasteiger partial charge in [-0.05, 0) is 42.5 Å². The number of benzene rings is 3. The average molecular weight is 431 g/mol. The van der Waals surface area contributed by atoms with Crippen LogP contribution in [0.15, 0.2) is 78.9 Å². The molecule has 0 saturated heterocycles. The van der Waals surface area contributed by atoms with E-state index in [4.69, 9.17) is 16.3 Å². The summed E-state index contributed by atoms with van der Waals surface area (Å²) in [6.45, 7) is -0.404. The highest BCUT2D eigenvalue weighted by Crippen LogP contribution is 2.29. The molecule has 0 spiro atoms. The second-order valence-corrected chi connectivity index (χ2v) is 8.55. The number of nitrogens with zero attached hydrogens (tertiary/aromatic N) is 1. The van der Waals surface area contributed by atoms with Crippen molar-refractivity contribution in [3.05, 3.63) is 83.9 Å². The number of anilines is 2. The molecule has 0 bridgehead atoms. The molecule has 150 valence electrons. The fourth-order valence-corrected chi connectivity index (χ4v) is 3.66. The van der Waals surface area contributed by atoms with Crippen LogP contribution in [-0.2, 0) is 14.8 Å². The molecule has 0 saturated carbocycles. The lowest BCUT2D eigenvalue weighted by Crippen LogP contribution is -2.37. The van der Waals surface area contributed by atoms with Crippen LogP contribution < -0.4 is 14.4 Å². The first-order valence-corrected chi connectivity index (χ1v) is 10.9. The number of amides is 1. The molecule has 0 aliphatic rings. The lowest BCUT2D eigenvalue weighted by Gasteiger charge is -2.22. The van der Waals surface area contributed by atoms with Gasteiger partial charge in [0.2, 0.25) is 15.9 Å². The minimum Gasteiger partial charge on any atom is -0.455 e. The molecule has 1 N–H and O–H groups in total. The fourth-order valence-electron chi connectivity index (χ4n) is 2.63. The van der Waals surface area contributed by atoms with Gasteiger partial charge in [-0.15, -0.1) is 0 Å². The minimum atomic E-state index is -3.70. The number of para-hydroxylation sites is 3. The number of hydrogen-bond acceptors (Lipinski definition) is 4. The maximum atomic E-state index is 12.6. The molecule has 0 aromatic heterocycles. The smallest absolute Gasteiger partial charge is 0.245 e. The molecule has 0 aliphatic carbocycles. The van der Waals surface area contributed by atoms with Gasteiger partial charge in [0.05, 0.1) is 17.6 Å². The van der Waals surface area contributed by atoms with Crippen molar-refractivity contribution >= 4 is 38.9 Å². The molecule has 0 unspecified atom stereocenters. The Kier molecular flexibility index (Phi) is 6.41. The molecule has 6 nitrogen and oxygen atoms in total. The van der Waals surface area contributed by atoms with Crippen molar-refractivity contribution in [2.75, 3.05) is 22.4 Å². The van der Waals surface area contributed by atoms with Crippen molar-refractivity contribution < 1.29 is 17.9 Å². The van der Waals surface area contributed by atoms with Gasteiger partial charge in [-0.1, -0.05) is 48.0 Å². The van der Waals surface area contributed by atoms with E-state index in [1.165, 1.54) is 6.07 Å². The van der Waals surface area contributed by atoms with Crippen LogP contribution in [0.5, 0.6) is 11.5 Å². The summed E-state index contributed by atoms with van der Waals surface area (Å²) in [6.07, 6.45) is 1.04. The molecule has 0 radical (unpaired) electrons. The first kappa shape index (κ1) is 20.7. The summed E-state index contributed by atoms with van der Waals surface area (Å²) in [5.74, 6) is 0.547. The maximum Gasteiger partial charge on any atom is 0.245 e. The van der Waals surface area contributed by atoms with E-state index in [2.05, 4.69) is 5.32 Å². The standard InChI is InChI=1S/C21H19ClN2O4S/c1-29(26,27)24(17-9-7-8-16(22)14-17)15-21(25)23-19-12-5-6-13-20(19)28-18-10-3-2-4-11-18/h2-14H,15H2,1H3,(H,23,25). The van der Waals surface area contributed by atoms with Crippen LogP contribution in [0.3, 0.4) is 0 Å². The number of carbonyl (C=O) groups is 1. The molecule has 0 heterocycles. The molecule has 0 atom stereocenters. The minimum absolute atomic E-state index is 0.309. The number of ether oxygens (including phenoxy) is 1. The van der Waals surface area contributed by atoms with E-state index >= 15 is 0 Å². The third-order valence-corrected chi connectivity index (χ3v) is 5.29. The third-order valence-electron chi connectivity index (χ3n) is 3.92. The Bertz CT molecular complexity index is 1100. The Hall–Kier alpha value is -3.03. The maximum absolute atomic E-state index is 12.6. The van der Waals surface area contributed by atoms with E-state index in [9.17, 15) is 13.2 Å². The number of sulfonamides is 1. The second-order valence-electron chi connectivity index (χ2n) is 6.21. The van der Waals surface area contributed by atoms with Crippen molar-refractivity contribution in [2.45, 2.75) is 0 Å². The summed E-state index contributed by atoms with van der Waals surface area (Å²) in [7, 11) is -3.70. The Morgan fingerprint density at radius 1 is 1.00 bits per heavy atom. The second kappa shape index (κ2) is 8.98. The molecule has 3 rings (SSSR count). The fraction of sp³-hybridized carbons (Fsp3) is 0.0952. The van der Waals surface area contributed by atoms with Gasteiger partial charge in [-0.3, -0.25) is 9.10 Å². The summed E-state index contributed by atoms with van der Waals surface area (Å²) in [5.41, 5.74) is 0.741. The number of rotatable bonds is 7. The third kappa shape index (κ3) is 5.73. The number of halogens is 1. The quantitative estimate of drug-likeness (QED) is 0.597. The van der Waals surface area contributed by atoms with E-state index < -0.39 is 22.5 Å². The normalized spacial score (nSPS) is 11.0. The topological polar surface area (TPSA) is 75.7 Å². The Balaban J connectivity index is 1.79. The molecular formula is C21H19ClN2O4S. The summed E-state index contributed by atoms with van der Waals surface area (Å²) in [5, 5.41) is 3.09. The number of nitrogens with one attached hydrogen (secondary N) is 1. The van der Waals surface area contributed by atoms with E-state index in [0.717, 1.165) is 10.6 Å². The zero-order chi connectivity index (χ0) is 20.9. The predicted octanol–water partition coefficient (Wildman–Crippen LogP) is 4.54. The summed E-state index contributed by atoms with van der Waals surface area (Å²) >= 11 is 5.96. The van der Waals surface area contributed by atoms with E-state index in [1.807, 2.05) is 18.2 Å². The van der Waals surface area contributed by atoms with Crippen molar-refractivity contribution in [1.29, 1.82) is 0 Å². The van der Waals surface area contributed by atoms with Gasteiger partial charge < -0.3 is 10.1 Å². The Morgan fingerprint density at radius 2 is 1.69 bits per heavy atom. The van der Waals surface area contributed by atoms with Crippen LogP contribution in [0.25, 0.3) is 0 Å². The predicted molar refractivity (Wildman–Crippen MR) is 115 cm³/mol. The summed E-state index contributed by atoms with van der Waals surface area (Å²) in [6, 6.07) is 22.4. The first-order chi connectivity index (χ1) is 13.8. The van der Waals surface area contributed by atoms with Crippen molar-refractivity contribution in [2.24, 2.45) is 0 Å². The monoisotopic (exact) mass is 430 g/mol. The molecular weight excluding hydrogens is 412 g/mol. The summed E-state index contributed by atoms with van der Waals surface area (Å²) < 4.78 is 31.2. The number of hydrogen-bond donors (Lipinski definition) is 1. The van der Waals surface area contributed by atoms with E-state index in [1.54, 1.807) is 54.6 Å². The van der Waals surface area contributed by atoms with Crippen molar-refractivity contribution in [1.82, 2.24) is 0 Å². The molecule has 8 heteroatoms. The van der Waals surface area contributed by atoms with Gasteiger partial charge >= 0.3 is 0 Å². The lowest BCUT2D eigenvalue weighted by atomic mass is 10.2. The lowest BCUT2D eigenvalue weighted by molar-refractivity contribution is -0.114. The van der Waals surface area contributed by atoms with Crippen LogP contribution in [0.2, 0.25) is 5.02 Å². The summed E-state index contributed by atoms with van der Waals surface area (Å²) in [4.78, 5) is 12.6. The highest BCUT2D eigenvalue weighted by atomic mass is 35.5. The van der Waals surface area contributed by atoms with Crippen molar-refractivity contribution in [3.63, 3.8) is 0 Å². The van der Waals surface area contributed by atoms with Crippen LogP contribution in [0.1, 0.15) is 0 Å². The molecule has 3 aromatic carbocycles. The van der Waals surface area contributed by atoms with Crippen LogP contribution in [0, 0.1) is 0 Å².